The van der Waals surface area contributed by atoms with Crippen LogP contribution in [0.15, 0.2) is 48.5 Å². The van der Waals surface area contributed by atoms with Crippen LogP contribution in [0, 0.1) is 0 Å². The molecule has 0 N–H and O–H groups in total. The van der Waals surface area contributed by atoms with Gasteiger partial charge in [-0.1, -0.05) is 37.6 Å². The number of nitrogens with zero attached hydrogens (tertiary/aromatic N) is 4. The van der Waals surface area contributed by atoms with Gasteiger partial charge in [-0.05, 0) is 43.5 Å². The second-order valence-electron chi connectivity index (χ2n) is 7.97. The summed E-state index contributed by atoms with van der Waals surface area (Å²) in [6, 6.07) is 16.4. The maximum absolute atomic E-state index is 13.4. The maximum atomic E-state index is 13.4. The third-order valence-electron chi connectivity index (χ3n) is 5.95. The van der Waals surface area contributed by atoms with E-state index in [1.54, 1.807) is 11.3 Å². The zero-order valence-electron chi connectivity index (χ0n) is 17.3. The summed E-state index contributed by atoms with van der Waals surface area (Å²) in [5.41, 5.74) is 3.05. The zero-order chi connectivity index (χ0) is 20.5. The molecule has 0 aliphatic carbocycles. The molecule has 1 aliphatic rings. The summed E-state index contributed by atoms with van der Waals surface area (Å²) in [6.45, 7) is 3.34. The number of hydrogen-bond acceptors (Lipinski definition) is 4. The number of thiazole rings is 1. The Morgan fingerprint density at radius 3 is 2.73 bits per heavy atom. The molecule has 3 heterocycles. The van der Waals surface area contributed by atoms with Crippen molar-refractivity contribution in [3.63, 3.8) is 0 Å². The molecule has 0 bridgehead atoms. The van der Waals surface area contributed by atoms with Crippen molar-refractivity contribution in [3.8, 4) is 0 Å². The first-order chi connectivity index (χ1) is 14.7. The molecule has 2 aromatic carbocycles. The highest BCUT2D eigenvalue weighted by molar-refractivity contribution is 7.18. The Hall–Kier alpha value is -2.73. The average Bonchev–Trinajstić information content (AvgIpc) is 3.48. The normalized spacial score (nSPS) is 16.7. The first-order valence-corrected chi connectivity index (χ1v) is 11.7. The van der Waals surface area contributed by atoms with Crippen LogP contribution in [0.2, 0.25) is 0 Å². The number of aromatic nitrogens is 3. The lowest BCUT2D eigenvalue weighted by molar-refractivity contribution is -0.132. The first-order valence-electron chi connectivity index (χ1n) is 10.8. The lowest BCUT2D eigenvalue weighted by Gasteiger charge is -2.24. The number of rotatable bonds is 6. The smallest absolute Gasteiger partial charge is 0.243 e. The topological polar surface area (TPSA) is 51.0 Å². The van der Waals surface area contributed by atoms with Crippen LogP contribution in [0.1, 0.15) is 49.5 Å². The lowest BCUT2D eigenvalue weighted by atomic mass is 10.2. The van der Waals surface area contributed by atoms with E-state index in [1.165, 1.54) is 4.70 Å². The Balaban J connectivity index is 1.43. The van der Waals surface area contributed by atoms with Crippen molar-refractivity contribution in [2.75, 3.05) is 6.54 Å². The molecule has 6 heteroatoms. The number of carbonyl (C=O) groups excluding carboxylic acids is 1. The lowest BCUT2D eigenvalue weighted by Crippen LogP contribution is -2.33. The Kier molecular flexibility index (Phi) is 5.25. The summed E-state index contributed by atoms with van der Waals surface area (Å²) in [5.74, 6) is 1.18. The predicted octanol–water partition coefficient (Wildman–Crippen LogP) is 5.35. The fourth-order valence-corrected chi connectivity index (χ4v) is 5.52. The van der Waals surface area contributed by atoms with Crippen molar-refractivity contribution in [2.24, 2.45) is 0 Å². The van der Waals surface area contributed by atoms with Crippen molar-refractivity contribution in [2.45, 2.75) is 51.6 Å². The van der Waals surface area contributed by atoms with Crippen molar-refractivity contribution in [3.05, 3.63) is 59.4 Å². The van der Waals surface area contributed by atoms with Gasteiger partial charge in [0.15, 0.2) is 0 Å². The Morgan fingerprint density at radius 1 is 1.10 bits per heavy atom. The molecule has 1 aliphatic heterocycles. The summed E-state index contributed by atoms with van der Waals surface area (Å²) in [5, 5.41) is 1.06. The molecule has 1 fully saturated rings. The van der Waals surface area contributed by atoms with E-state index in [4.69, 9.17) is 9.97 Å². The molecule has 30 heavy (non-hydrogen) atoms. The molecule has 4 aromatic rings. The van der Waals surface area contributed by atoms with Crippen LogP contribution in [0.3, 0.4) is 0 Å². The van der Waals surface area contributed by atoms with E-state index in [0.717, 1.165) is 66.0 Å². The van der Waals surface area contributed by atoms with Crippen molar-refractivity contribution in [1.82, 2.24) is 19.4 Å². The number of para-hydroxylation sites is 3. The number of fused-ring (bicyclic) bond motifs is 2. The molecular weight excluding hydrogens is 392 g/mol. The number of benzene rings is 2. The fraction of sp³-hybridized carbons (Fsp3) is 0.375. The van der Waals surface area contributed by atoms with E-state index in [-0.39, 0.29) is 11.9 Å². The summed E-state index contributed by atoms with van der Waals surface area (Å²) in [6.07, 6.45) is 5.11. The van der Waals surface area contributed by atoms with Crippen LogP contribution in [-0.4, -0.2) is 31.9 Å². The molecule has 0 radical (unpaired) electrons. The number of imidazole rings is 1. The average molecular weight is 419 g/mol. The van der Waals surface area contributed by atoms with Gasteiger partial charge in [0.1, 0.15) is 17.4 Å². The summed E-state index contributed by atoms with van der Waals surface area (Å²) in [7, 11) is 0. The van der Waals surface area contributed by atoms with Crippen LogP contribution in [0.4, 0.5) is 0 Å². The van der Waals surface area contributed by atoms with Gasteiger partial charge in [0.25, 0.3) is 0 Å². The highest BCUT2D eigenvalue weighted by Gasteiger charge is 2.32. The van der Waals surface area contributed by atoms with E-state index in [9.17, 15) is 4.79 Å². The molecule has 0 unspecified atom stereocenters. The van der Waals surface area contributed by atoms with E-state index in [0.29, 0.717) is 6.54 Å². The SMILES string of the molecule is CCCCc1nc2ccccc2n1CC(=O)N1CCC[C@@H]1c1nc2ccccc2s1. The summed E-state index contributed by atoms with van der Waals surface area (Å²) < 4.78 is 3.32. The minimum Gasteiger partial charge on any atom is -0.332 e. The molecule has 0 spiro atoms. The van der Waals surface area contributed by atoms with Gasteiger partial charge in [-0.2, -0.15) is 0 Å². The number of unbranched alkanes of at least 4 members (excludes halogenated alkanes) is 1. The standard InChI is InChI=1S/C24H26N4OS/c1-2-3-14-22-25-17-9-4-6-11-19(17)28(22)16-23(29)27-15-8-12-20(27)24-26-18-10-5-7-13-21(18)30-24/h4-7,9-11,13,20H,2-3,8,12,14-16H2,1H3/t20-/m1/s1. The van der Waals surface area contributed by atoms with E-state index in [1.807, 2.05) is 41.3 Å². The van der Waals surface area contributed by atoms with Crippen LogP contribution >= 0.6 is 11.3 Å². The van der Waals surface area contributed by atoms with Gasteiger partial charge >= 0.3 is 0 Å². The number of hydrogen-bond donors (Lipinski definition) is 0. The molecule has 1 amide bonds. The van der Waals surface area contributed by atoms with Gasteiger partial charge in [-0.15, -0.1) is 11.3 Å². The summed E-state index contributed by atoms with van der Waals surface area (Å²) >= 11 is 1.72. The number of carbonyl (C=O) groups is 1. The van der Waals surface area contributed by atoms with Crippen LogP contribution in [-0.2, 0) is 17.8 Å². The van der Waals surface area contributed by atoms with Crippen molar-refractivity contribution < 1.29 is 4.79 Å². The molecule has 1 atom stereocenters. The first kappa shape index (κ1) is 19.2. The molecule has 5 rings (SSSR count). The third kappa shape index (κ3) is 3.49. The predicted molar refractivity (Wildman–Crippen MR) is 122 cm³/mol. The second-order valence-corrected chi connectivity index (χ2v) is 9.03. The monoisotopic (exact) mass is 418 g/mol. The van der Waals surface area contributed by atoms with Crippen LogP contribution < -0.4 is 0 Å². The zero-order valence-corrected chi connectivity index (χ0v) is 18.1. The molecule has 5 nitrogen and oxygen atoms in total. The fourth-order valence-electron chi connectivity index (χ4n) is 4.41. The van der Waals surface area contributed by atoms with Gasteiger partial charge in [-0.3, -0.25) is 4.79 Å². The number of aryl methyl sites for hydroxylation is 1. The summed E-state index contributed by atoms with van der Waals surface area (Å²) in [4.78, 5) is 25.1. The van der Waals surface area contributed by atoms with Crippen LogP contribution in [0.25, 0.3) is 21.3 Å². The minimum absolute atomic E-state index is 0.0868. The molecule has 1 saturated heterocycles. The molecular formula is C24H26N4OS. The second kappa shape index (κ2) is 8.19. The molecule has 0 saturated carbocycles. The maximum Gasteiger partial charge on any atom is 0.243 e. The van der Waals surface area contributed by atoms with E-state index >= 15 is 0 Å². The quantitative estimate of drug-likeness (QED) is 0.424. The van der Waals surface area contributed by atoms with Gasteiger partial charge in [-0.25, -0.2) is 9.97 Å². The third-order valence-corrected chi connectivity index (χ3v) is 7.09. The van der Waals surface area contributed by atoms with Gasteiger partial charge in [0.2, 0.25) is 5.91 Å². The largest absolute Gasteiger partial charge is 0.332 e. The van der Waals surface area contributed by atoms with Crippen molar-refractivity contribution in [1.29, 1.82) is 0 Å². The molecule has 154 valence electrons. The van der Waals surface area contributed by atoms with Gasteiger partial charge < -0.3 is 9.47 Å². The molecule has 2 aromatic heterocycles. The van der Waals surface area contributed by atoms with Crippen molar-refractivity contribution >= 4 is 38.5 Å². The van der Waals surface area contributed by atoms with E-state index in [2.05, 4.69) is 23.6 Å². The minimum atomic E-state index is 0.0868. The highest BCUT2D eigenvalue weighted by Crippen LogP contribution is 2.36. The Morgan fingerprint density at radius 2 is 1.90 bits per heavy atom. The van der Waals surface area contributed by atoms with Crippen LogP contribution in [0.5, 0.6) is 0 Å². The van der Waals surface area contributed by atoms with Gasteiger partial charge in [0, 0.05) is 13.0 Å². The number of amides is 1. The Bertz CT molecular complexity index is 1160. The highest BCUT2D eigenvalue weighted by atomic mass is 32.1. The van der Waals surface area contributed by atoms with Gasteiger partial charge in [0.05, 0.1) is 27.3 Å². The van der Waals surface area contributed by atoms with E-state index < -0.39 is 0 Å². The number of likely N-dealkylation sites (tertiary alicyclic amines) is 1. The Labute approximate surface area is 180 Å².